The van der Waals surface area contributed by atoms with Crippen LogP contribution in [0.15, 0.2) is 12.4 Å². The van der Waals surface area contributed by atoms with E-state index in [2.05, 4.69) is 10.00 Å². The number of carbonyl (C=O) groups is 1. The maximum absolute atomic E-state index is 13.2. The fraction of sp³-hybridized carbons (Fsp3) is 0.765. The van der Waals surface area contributed by atoms with Crippen molar-refractivity contribution in [2.24, 2.45) is 12.5 Å². The number of likely N-dealkylation sites (tertiary alicyclic amines) is 1. The summed E-state index contributed by atoms with van der Waals surface area (Å²) < 4.78 is 7.26. The van der Waals surface area contributed by atoms with Crippen LogP contribution in [0.25, 0.3) is 0 Å². The summed E-state index contributed by atoms with van der Waals surface area (Å²) in [5.74, 6) is 0.308. The molecule has 0 unspecified atom stereocenters. The van der Waals surface area contributed by atoms with Gasteiger partial charge in [0.15, 0.2) is 0 Å². The van der Waals surface area contributed by atoms with E-state index in [1.165, 1.54) is 0 Å². The summed E-state index contributed by atoms with van der Waals surface area (Å²) in [6.07, 6.45) is 9.09. The number of carbonyl (C=O) groups excluding carboxylic acids is 1. The minimum absolute atomic E-state index is 0.174. The van der Waals surface area contributed by atoms with Crippen LogP contribution < -0.4 is 4.90 Å². The molecule has 3 aliphatic rings. The molecular formula is C17H26N4O2. The molecule has 23 heavy (non-hydrogen) atoms. The van der Waals surface area contributed by atoms with Gasteiger partial charge < -0.3 is 9.64 Å². The van der Waals surface area contributed by atoms with Gasteiger partial charge in [-0.2, -0.15) is 5.10 Å². The Hall–Kier alpha value is -1.40. The van der Waals surface area contributed by atoms with Gasteiger partial charge >= 0.3 is 0 Å². The van der Waals surface area contributed by atoms with Gasteiger partial charge in [0.05, 0.1) is 17.3 Å². The average Bonchev–Trinajstić information content (AvgIpc) is 3.14. The van der Waals surface area contributed by atoms with Crippen LogP contribution in [0.1, 0.15) is 32.1 Å². The smallest absolute Gasteiger partial charge is 0.234 e. The molecule has 126 valence electrons. The Morgan fingerprint density at radius 3 is 2.83 bits per heavy atom. The normalized spacial score (nSPS) is 30.5. The minimum atomic E-state index is -0.174. The van der Waals surface area contributed by atoms with Gasteiger partial charge in [0.1, 0.15) is 0 Å². The molecular weight excluding hydrogens is 292 g/mol. The molecule has 3 saturated heterocycles. The molecule has 6 heteroatoms. The van der Waals surface area contributed by atoms with Gasteiger partial charge in [0.2, 0.25) is 5.91 Å². The lowest BCUT2D eigenvalue weighted by Gasteiger charge is -2.43. The number of aryl methyl sites for hydroxylation is 1. The zero-order valence-electron chi connectivity index (χ0n) is 13.9. The first-order valence-corrected chi connectivity index (χ1v) is 8.80. The number of anilines is 1. The number of nitrogens with zero attached hydrogens (tertiary/aromatic N) is 4. The molecule has 4 heterocycles. The van der Waals surface area contributed by atoms with Crippen molar-refractivity contribution in [2.45, 2.75) is 38.1 Å². The van der Waals surface area contributed by atoms with Crippen molar-refractivity contribution in [1.29, 1.82) is 0 Å². The third kappa shape index (κ3) is 2.68. The first-order valence-electron chi connectivity index (χ1n) is 8.80. The van der Waals surface area contributed by atoms with Crippen molar-refractivity contribution in [3.63, 3.8) is 0 Å². The van der Waals surface area contributed by atoms with Crippen LogP contribution in [0.2, 0.25) is 0 Å². The molecule has 3 fully saturated rings. The highest BCUT2D eigenvalue weighted by Crippen LogP contribution is 2.42. The third-order valence-electron chi connectivity index (χ3n) is 5.83. The Kier molecular flexibility index (Phi) is 3.89. The quantitative estimate of drug-likeness (QED) is 0.827. The van der Waals surface area contributed by atoms with E-state index < -0.39 is 0 Å². The summed E-state index contributed by atoms with van der Waals surface area (Å²) in [7, 11) is 1.90. The molecule has 0 N–H and O–H groups in total. The Balaban J connectivity index is 1.50. The molecule has 1 aromatic heterocycles. The van der Waals surface area contributed by atoms with Gasteiger partial charge in [-0.1, -0.05) is 0 Å². The molecule has 1 aromatic rings. The second-order valence-electron chi connectivity index (χ2n) is 7.28. The lowest BCUT2D eigenvalue weighted by atomic mass is 9.77. The SMILES string of the molecule is Cn1cc(N2CC[C@]3(CCCN(C4CCOCC4)C3)C2=O)cn1. The van der Waals surface area contributed by atoms with Gasteiger partial charge in [-0.15, -0.1) is 0 Å². The number of ether oxygens (including phenoxy) is 1. The van der Waals surface area contributed by atoms with E-state index in [0.717, 1.165) is 70.6 Å². The molecule has 4 rings (SSSR count). The molecule has 1 spiro atoms. The fourth-order valence-electron chi connectivity index (χ4n) is 4.52. The molecule has 1 amide bonds. The summed E-state index contributed by atoms with van der Waals surface area (Å²) >= 11 is 0. The van der Waals surface area contributed by atoms with Gasteiger partial charge in [-0.25, -0.2) is 0 Å². The molecule has 0 saturated carbocycles. The van der Waals surface area contributed by atoms with E-state index in [-0.39, 0.29) is 5.41 Å². The van der Waals surface area contributed by atoms with Crippen LogP contribution in [-0.2, 0) is 16.6 Å². The maximum Gasteiger partial charge on any atom is 0.234 e. The number of hydrogen-bond donors (Lipinski definition) is 0. The van der Waals surface area contributed by atoms with Gasteiger partial charge in [0, 0.05) is 45.6 Å². The van der Waals surface area contributed by atoms with Crippen LogP contribution in [0.5, 0.6) is 0 Å². The highest BCUT2D eigenvalue weighted by molar-refractivity contribution is 6.00. The van der Waals surface area contributed by atoms with Crippen molar-refractivity contribution in [3.8, 4) is 0 Å². The van der Waals surface area contributed by atoms with Crippen molar-refractivity contribution in [2.75, 3.05) is 37.7 Å². The first-order chi connectivity index (χ1) is 11.2. The lowest BCUT2D eigenvalue weighted by Crippen LogP contribution is -2.52. The zero-order valence-corrected chi connectivity index (χ0v) is 13.9. The molecule has 0 aliphatic carbocycles. The Morgan fingerprint density at radius 1 is 1.26 bits per heavy atom. The van der Waals surface area contributed by atoms with E-state index in [9.17, 15) is 4.79 Å². The average molecular weight is 318 g/mol. The fourth-order valence-corrected chi connectivity index (χ4v) is 4.52. The lowest BCUT2D eigenvalue weighted by molar-refractivity contribution is -0.129. The number of rotatable bonds is 2. The van der Waals surface area contributed by atoms with Crippen LogP contribution in [0.3, 0.4) is 0 Å². The highest BCUT2D eigenvalue weighted by Gasteiger charge is 2.50. The zero-order chi connectivity index (χ0) is 15.9. The highest BCUT2D eigenvalue weighted by atomic mass is 16.5. The van der Waals surface area contributed by atoms with Crippen molar-refractivity contribution in [3.05, 3.63) is 12.4 Å². The van der Waals surface area contributed by atoms with Crippen molar-refractivity contribution >= 4 is 11.6 Å². The molecule has 1 atom stereocenters. The third-order valence-corrected chi connectivity index (χ3v) is 5.83. The largest absolute Gasteiger partial charge is 0.381 e. The maximum atomic E-state index is 13.2. The van der Waals surface area contributed by atoms with E-state index in [0.29, 0.717) is 11.9 Å². The Labute approximate surface area is 137 Å². The predicted octanol–water partition coefficient (Wildman–Crippen LogP) is 1.42. The minimum Gasteiger partial charge on any atom is -0.381 e. The van der Waals surface area contributed by atoms with Gasteiger partial charge in [-0.05, 0) is 38.6 Å². The second-order valence-corrected chi connectivity index (χ2v) is 7.28. The van der Waals surface area contributed by atoms with Crippen LogP contribution >= 0.6 is 0 Å². The van der Waals surface area contributed by atoms with Crippen LogP contribution in [0, 0.1) is 5.41 Å². The summed E-state index contributed by atoms with van der Waals surface area (Å²) in [5, 5.41) is 4.22. The van der Waals surface area contributed by atoms with Crippen LogP contribution in [-0.4, -0.2) is 59.5 Å². The molecule has 6 nitrogen and oxygen atoms in total. The van der Waals surface area contributed by atoms with E-state index in [4.69, 9.17) is 4.74 Å². The van der Waals surface area contributed by atoms with E-state index in [1.54, 1.807) is 10.9 Å². The Bertz CT molecular complexity index is 581. The standard InChI is InChI=1S/C17H26N4O2/c1-19-12-15(11-18-19)21-8-6-17(16(21)22)5-2-7-20(13-17)14-3-9-23-10-4-14/h11-12,14H,2-10,13H2,1H3/t17-/m0/s1. The number of piperidine rings is 1. The summed E-state index contributed by atoms with van der Waals surface area (Å²) in [6.45, 7) is 4.61. The van der Waals surface area contributed by atoms with Crippen molar-refractivity contribution in [1.82, 2.24) is 14.7 Å². The summed E-state index contributed by atoms with van der Waals surface area (Å²) in [5.41, 5.74) is 0.768. The molecule has 0 radical (unpaired) electrons. The number of aromatic nitrogens is 2. The topological polar surface area (TPSA) is 50.6 Å². The second kappa shape index (κ2) is 5.91. The molecule has 3 aliphatic heterocycles. The summed E-state index contributed by atoms with van der Waals surface area (Å²) in [4.78, 5) is 17.7. The molecule has 0 bridgehead atoms. The number of hydrogen-bond acceptors (Lipinski definition) is 4. The predicted molar refractivity (Wildman–Crippen MR) is 87.3 cm³/mol. The molecule has 0 aromatic carbocycles. The van der Waals surface area contributed by atoms with Gasteiger partial charge in [-0.3, -0.25) is 14.4 Å². The number of amides is 1. The van der Waals surface area contributed by atoms with Crippen LogP contribution in [0.4, 0.5) is 5.69 Å². The first kappa shape index (κ1) is 15.1. The van der Waals surface area contributed by atoms with Crippen molar-refractivity contribution < 1.29 is 9.53 Å². The van der Waals surface area contributed by atoms with E-state index >= 15 is 0 Å². The van der Waals surface area contributed by atoms with E-state index in [1.807, 2.05) is 18.1 Å². The monoisotopic (exact) mass is 318 g/mol. The van der Waals surface area contributed by atoms with Gasteiger partial charge in [0.25, 0.3) is 0 Å². The summed E-state index contributed by atoms with van der Waals surface area (Å²) in [6, 6.07) is 0.598. The Morgan fingerprint density at radius 2 is 2.09 bits per heavy atom.